The standard InChI is InChI=1S/C23H28N6O4S/c1-18-22(27-29(26-18)20-6-3-2-4-7-20)23(30)25-19-8-10-21(11-9-19)34(31,32)24-12-5-13-28-14-16-33-17-15-28/h2-4,6-11,24H,5,12-17H2,1H3,(H,25,30). The fourth-order valence-corrected chi connectivity index (χ4v) is 4.66. The van der Waals surface area contributed by atoms with Crippen molar-refractivity contribution in [3.63, 3.8) is 0 Å². The zero-order chi connectivity index (χ0) is 24.0. The van der Waals surface area contributed by atoms with Gasteiger partial charge in [-0.15, -0.1) is 5.10 Å². The van der Waals surface area contributed by atoms with Gasteiger partial charge in [0.05, 0.1) is 29.5 Å². The van der Waals surface area contributed by atoms with Crippen LogP contribution in [0.1, 0.15) is 22.6 Å². The van der Waals surface area contributed by atoms with E-state index in [0.717, 1.165) is 45.0 Å². The van der Waals surface area contributed by atoms with Gasteiger partial charge in [-0.05, 0) is 56.3 Å². The van der Waals surface area contributed by atoms with Crippen molar-refractivity contribution < 1.29 is 17.9 Å². The molecule has 1 fully saturated rings. The van der Waals surface area contributed by atoms with E-state index in [9.17, 15) is 13.2 Å². The number of rotatable bonds is 9. The summed E-state index contributed by atoms with van der Waals surface area (Å²) in [6, 6.07) is 15.3. The topological polar surface area (TPSA) is 118 Å². The van der Waals surface area contributed by atoms with Crippen LogP contribution in [0.15, 0.2) is 59.5 Å². The van der Waals surface area contributed by atoms with Crippen molar-refractivity contribution in [1.82, 2.24) is 24.6 Å². The third-order valence-electron chi connectivity index (χ3n) is 5.45. The average molecular weight is 485 g/mol. The lowest BCUT2D eigenvalue weighted by Gasteiger charge is -2.26. The van der Waals surface area contributed by atoms with Crippen molar-refractivity contribution in [3.8, 4) is 5.69 Å². The average Bonchev–Trinajstić information content (AvgIpc) is 3.25. The lowest BCUT2D eigenvalue weighted by molar-refractivity contribution is 0.0376. The van der Waals surface area contributed by atoms with Gasteiger partial charge < -0.3 is 10.1 Å². The molecular formula is C23H28N6O4S. The monoisotopic (exact) mass is 484 g/mol. The lowest BCUT2D eigenvalue weighted by Crippen LogP contribution is -2.38. The van der Waals surface area contributed by atoms with E-state index in [0.29, 0.717) is 17.9 Å². The van der Waals surface area contributed by atoms with Crippen LogP contribution in [0.4, 0.5) is 5.69 Å². The molecule has 4 rings (SSSR count). The predicted octanol–water partition coefficient (Wildman–Crippen LogP) is 1.83. The number of morpholine rings is 1. The predicted molar refractivity (Wildman–Crippen MR) is 128 cm³/mol. The summed E-state index contributed by atoms with van der Waals surface area (Å²) < 4.78 is 33.1. The molecule has 0 aliphatic carbocycles. The maximum Gasteiger partial charge on any atom is 0.278 e. The molecule has 0 atom stereocenters. The summed E-state index contributed by atoms with van der Waals surface area (Å²) in [6.07, 6.45) is 0.719. The third kappa shape index (κ3) is 6.06. The summed E-state index contributed by atoms with van der Waals surface area (Å²) in [6.45, 7) is 6.09. The number of ether oxygens (including phenoxy) is 1. The van der Waals surface area contributed by atoms with E-state index < -0.39 is 15.9 Å². The normalized spacial score (nSPS) is 14.7. The van der Waals surface area contributed by atoms with Crippen LogP contribution in [0.25, 0.3) is 5.69 Å². The Bertz CT molecular complexity index is 1210. The molecule has 34 heavy (non-hydrogen) atoms. The number of sulfonamides is 1. The minimum atomic E-state index is -3.63. The van der Waals surface area contributed by atoms with Gasteiger partial charge >= 0.3 is 0 Å². The molecule has 2 aromatic carbocycles. The number of aromatic nitrogens is 3. The molecule has 1 aromatic heterocycles. The second kappa shape index (κ2) is 10.9. The number of carbonyl (C=O) groups excluding carboxylic acids is 1. The highest BCUT2D eigenvalue weighted by Gasteiger charge is 2.18. The second-order valence-corrected chi connectivity index (χ2v) is 9.71. The van der Waals surface area contributed by atoms with Gasteiger partial charge in [0.1, 0.15) is 0 Å². The van der Waals surface area contributed by atoms with Gasteiger partial charge in [0.2, 0.25) is 10.0 Å². The maximum atomic E-state index is 12.7. The number of hydrogen-bond donors (Lipinski definition) is 2. The van der Waals surface area contributed by atoms with Gasteiger partial charge in [-0.2, -0.15) is 9.90 Å². The Morgan fingerprint density at radius 1 is 1.03 bits per heavy atom. The van der Waals surface area contributed by atoms with Crippen molar-refractivity contribution in [1.29, 1.82) is 0 Å². The summed E-state index contributed by atoms with van der Waals surface area (Å²) in [4.78, 5) is 16.5. The number of amides is 1. The van der Waals surface area contributed by atoms with E-state index in [2.05, 4.69) is 25.1 Å². The fourth-order valence-electron chi connectivity index (χ4n) is 3.59. The Morgan fingerprint density at radius 2 is 1.74 bits per heavy atom. The van der Waals surface area contributed by atoms with Crippen LogP contribution in [-0.4, -0.2) is 73.6 Å². The highest BCUT2D eigenvalue weighted by atomic mass is 32.2. The number of aryl methyl sites for hydroxylation is 1. The van der Waals surface area contributed by atoms with Gasteiger partial charge in [0.25, 0.3) is 5.91 Å². The molecule has 0 bridgehead atoms. The Kier molecular flexibility index (Phi) is 7.68. The summed E-state index contributed by atoms with van der Waals surface area (Å²) >= 11 is 0. The number of benzene rings is 2. The largest absolute Gasteiger partial charge is 0.379 e. The van der Waals surface area contributed by atoms with Gasteiger partial charge in [0.15, 0.2) is 5.69 Å². The van der Waals surface area contributed by atoms with Gasteiger partial charge in [-0.3, -0.25) is 9.69 Å². The van der Waals surface area contributed by atoms with Crippen LogP contribution in [0.3, 0.4) is 0 Å². The summed E-state index contributed by atoms with van der Waals surface area (Å²) in [5.74, 6) is -0.420. The molecule has 1 aliphatic rings. The first-order chi connectivity index (χ1) is 16.4. The molecule has 0 unspecified atom stereocenters. The molecule has 0 spiro atoms. The highest BCUT2D eigenvalue weighted by Crippen LogP contribution is 2.16. The first kappa shape index (κ1) is 24.0. The lowest BCUT2D eigenvalue weighted by atomic mass is 10.3. The smallest absolute Gasteiger partial charge is 0.278 e. The van der Waals surface area contributed by atoms with Crippen molar-refractivity contribution in [3.05, 3.63) is 66.0 Å². The summed E-state index contributed by atoms with van der Waals surface area (Å²) in [5.41, 5.74) is 1.89. The Hall–Kier alpha value is -3.12. The second-order valence-electron chi connectivity index (χ2n) is 7.94. The van der Waals surface area contributed by atoms with E-state index in [1.165, 1.54) is 16.9 Å². The maximum absolute atomic E-state index is 12.7. The van der Waals surface area contributed by atoms with Crippen molar-refractivity contribution in [2.45, 2.75) is 18.2 Å². The number of carbonyl (C=O) groups is 1. The van der Waals surface area contributed by atoms with Crippen molar-refractivity contribution >= 4 is 21.6 Å². The minimum Gasteiger partial charge on any atom is -0.379 e. The van der Waals surface area contributed by atoms with Crippen LogP contribution >= 0.6 is 0 Å². The molecule has 1 saturated heterocycles. The van der Waals surface area contributed by atoms with Gasteiger partial charge in [-0.25, -0.2) is 13.1 Å². The van der Waals surface area contributed by atoms with Crippen molar-refractivity contribution in [2.24, 2.45) is 0 Å². The number of para-hydroxylation sites is 1. The number of hydrogen-bond acceptors (Lipinski definition) is 7. The molecule has 180 valence electrons. The summed E-state index contributed by atoms with van der Waals surface area (Å²) in [7, 11) is -3.63. The zero-order valence-electron chi connectivity index (χ0n) is 19.0. The number of nitrogens with zero attached hydrogens (tertiary/aromatic N) is 4. The number of anilines is 1. The first-order valence-corrected chi connectivity index (χ1v) is 12.6. The molecule has 11 heteroatoms. The van der Waals surface area contributed by atoms with E-state index in [4.69, 9.17) is 4.74 Å². The van der Waals surface area contributed by atoms with Crippen LogP contribution in [0.2, 0.25) is 0 Å². The third-order valence-corrected chi connectivity index (χ3v) is 6.93. The minimum absolute atomic E-state index is 0.142. The van der Waals surface area contributed by atoms with E-state index >= 15 is 0 Å². The molecule has 2 N–H and O–H groups in total. The molecule has 3 aromatic rings. The van der Waals surface area contributed by atoms with Crippen molar-refractivity contribution in [2.75, 3.05) is 44.7 Å². The van der Waals surface area contributed by atoms with Crippen LogP contribution in [0, 0.1) is 6.92 Å². The molecular weight excluding hydrogens is 456 g/mol. The van der Waals surface area contributed by atoms with E-state index in [-0.39, 0.29) is 10.6 Å². The fraction of sp³-hybridized carbons (Fsp3) is 0.348. The Labute approximate surface area is 199 Å². The molecule has 10 nitrogen and oxygen atoms in total. The molecule has 2 heterocycles. The highest BCUT2D eigenvalue weighted by molar-refractivity contribution is 7.89. The zero-order valence-corrected chi connectivity index (χ0v) is 19.8. The van der Waals surface area contributed by atoms with Crippen LogP contribution < -0.4 is 10.0 Å². The molecule has 1 aliphatic heterocycles. The Morgan fingerprint density at radius 3 is 2.44 bits per heavy atom. The first-order valence-electron chi connectivity index (χ1n) is 11.1. The van der Waals surface area contributed by atoms with Crippen LogP contribution in [0.5, 0.6) is 0 Å². The SMILES string of the molecule is Cc1nn(-c2ccccc2)nc1C(=O)Nc1ccc(S(=O)(=O)NCCCN2CCOCC2)cc1. The van der Waals surface area contributed by atoms with Crippen LogP contribution in [-0.2, 0) is 14.8 Å². The van der Waals surface area contributed by atoms with E-state index in [1.54, 1.807) is 19.1 Å². The van der Waals surface area contributed by atoms with Gasteiger partial charge in [-0.1, -0.05) is 18.2 Å². The van der Waals surface area contributed by atoms with Gasteiger partial charge in [0, 0.05) is 25.3 Å². The number of nitrogens with one attached hydrogen (secondary N) is 2. The molecule has 1 amide bonds. The molecule has 0 radical (unpaired) electrons. The Balaban J connectivity index is 1.32. The summed E-state index contributed by atoms with van der Waals surface area (Å²) in [5, 5.41) is 11.3. The quantitative estimate of drug-likeness (QED) is 0.445. The van der Waals surface area contributed by atoms with E-state index in [1.807, 2.05) is 30.3 Å². The molecule has 0 saturated carbocycles.